The van der Waals surface area contributed by atoms with Crippen LogP contribution in [0.3, 0.4) is 0 Å². The van der Waals surface area contributed by atoms with Crippen LogP contribution < -0.4 is 5.32 Å². The number of anilines is 1. The molecule has 1 aliphatic rings. The van der Waals surface area contributed by atoms with Crippen LogP contribution in [0.2, 0.25) is 5.02 Å². The Morgan fingerprint density at radius 3 is 2.86 bits per heavy atom. The molecular formula is C15H17ClN2O4. The number of hydrogen-bond acceptors (Lipinski definition) is 5. The number of methoxy groups -OCH3 is 1. The zero-order valence-corrected chi connectivity index (χ0v) is 13.1. The van der Waals surface area contributed by atoms with Gasteiger partial charge in [0.05, 0.1) is 25.8 Å². The van der Waals surface area contributed by atoms with Crippen LogP contribution in [0.1, 0.15) is 5.56 Å². The van der Waals surface area contributed by atoms with Gasteiger partial charge >= 0.3 is 5.97 Å². The molecule has 0 spiro atoms. The topological polar surface area (TPSA) is 78.9 Å². The van der Waals surface area contributed by atoms with Crippen molar-refractivity contribution < 1.29 is 19.4 Å². The van der Waals surface area contributed by atoms with Gasteiger partial charge in [0.15, 0.2) is 0 Å². The summed E-state index contributed by atoms with van der Waals surface area (Å²) in [6, 6.07) is 5.24. The molecule has 6 nitrogen and oxygen atoms in total. The van der Waals surface area contributed by atoms with Crippen LogP contribution in [0.4, 0.5) is 5.69 Å². The number of amides is 1. The van der Waals surface area contributed by atoms with Crippen molar-refractivity contribution >= 4 is 29.2 Å². The average molecular weight is 325 g/mol. The van der Waals surface area contributed by atoms with Gasteiger partial charge in [0.25, 0.3) is 5.91 Å². The Bertz CT molecular complexity index is 642. The lowest BCUT2D eigenvalue weighted by Gasteiger charge is -2.15. The Balaban J connectivity index is 2.36. The number of aliphatic hydroxyl groups is 1. The summed E-state index contributed by atoms with van der Waals surface area (Å²) in [6.07, 6.45) is 0. The van der Waals surface area contributed by atoms with Crippen LogP contribution >= 0.6 is 11.6 Å². The standard InChI is InChI=1S/C15H17ClN2O4/c1-9-3-4-10(16)7-12(9)17-13-11(15(21)22-2)8-18(5-6-19)14(13)20/h3-4,7,17,19H,5-6,8H2,1-2H3. The number of halogens is 1. The number of esters is 1. The fourth-order valence-corrected chi connectivity index (χ4v) is 2.38. The highest BCUT2D eigenvalue weighted by Crippen LogP contribution is 2.26. The summed E-state index contributed by atoms with van der Waals surface area (Å²) in [4.78, 5) is 25.6. The summed E-state index contributed by atoms with van der Waals surface area (Å²) in [7, 11) is 1.26. The highest BCUT2D eigenvalue weighted by atomic mass is 35.5. The van der Waals surface area contributed by atoms with Crippen LogP contribution in [-0.4, -0.2) is 48.7 Å². The smallest absolute Gasteiger partial charge is 0.337 e. The first kappa shape index (κ1) is 16.3. The Morgan fingerprint density at radius 1 is 1.50 bits per heavy atom. The average Bonchev–Trinajstić information content (AvgIpc) is 2.80. The second-order valence-corrected chi connectivity index (χ2v) is 5.32. The van der Waals surface area contributed by atoms with Crippen molar-refractivity contribution in [3.05, 3.63) is 40.1 Å². The van der Waals surface area contributed by atoms with Crippen molar-refractivity contribution in [1.82, 2.24) is 4.90 Å². The maximum absolute atomic E-state index is 12.4. The first-order valence-electron chi connectivity index (χ1n) is 6.72. The molecule has 1 amide bonds. The molecule has 1 aromatic carbocycles. The Labute approximate surface area is 133 Å². The van der Waals surface area contributed by atoms with Gasteiger partial charge in [-0.1, -0.05) is 17.7 Å². The van der Waals surface area contributed by atoms with Gasteiger partial charge in [-0.2, -0.15) is 0 Å². The van der Waals surface area contributed by atoms with E-state index in [4.69, 9.17) is 21.4 Å². The van der Waals surface area contributed by atoms with Crippen molar-refractivity contribution in [2.24, 2.45) is 0 Å². The van der Waals surface area contributed by atoms with Gasteiger partial charge in [-0.25, -0.2) is 4.79 Å². The van der Waals surface area contributed by atoms with E-state index in [2.05, 4.69) is 5.32 Å². The van der Waals surface area contributed by atoms with E-state index in [1.807, 2.05) is 13.0 Å². The number of carbonyl (C=O) groups is 2. The van der Waals surface area contributed by atoms with Crippen molar-refractivity contribution in [1.29, 1.82) is 0 Å². The first-order valence-corrected chi connectivity index (χ1v) is 7.10. The molecule has 0 aromatic heterocycles. The number of rotatable bonds is 5. The van der Waals surface area contributed by atoms with Gasteiger partial charge in [0.1, 0.15) is 5.70 Å². The Morgan fingerprint density at radius 2 is 2.23 bits per heavy atom. The van der Waals surface area contributed by atoms with E-state index < -0.39 is 5.97 Å². The van der Waals surface area contributed by atoms with Crippen molar-refractivity contribution in [3.63, 3.8) is 0 Å². The van der Waals surface area contributed by atoms with Crippen LogP contribution in [0, 0.1) is 6.92 Å². The number of β-amino-alcohol motifs (C(OH)–C–C–N with tert-alkyl or cyclic N) is 1. The normalized spacial score (nSPS) is 14.5. The van der Waals surface area contributed by atoms with E-state index in [-0.39, 0.29) is 36.9 Å². The summed E-state index contributed by atoms with van der Waals surface area (Å²) in [5, 5.41) is 12.5. The van der Waals surface area contributed by atoms with Gasteiger partial charge in [0.2, 0.25) is 0 Å². The van der Waals surface area contributed by atoms with Crippen LogP contribution in [0.25, 0.3) is 0 Å². The third-order valence-electron chi connectivity index (χ3n) is 3.41. The quantitative estimate of drug-likeness (QED) is 0.799. The van der Waals surface area contributed by atoms with Gasteiger partial charge in [0, 0.05) is 17.3 Å². The molecule has 0 saturated carbocycles. The third kappa shape index (κ3) is 3.23. The van der Waals surface area contributed by atoms with Crippen LogP contribution in [-0.2, 0) is 14.3 Å². The highest BCUT2D eigenvalue weighted by molar-refractivity contribution is 6.30. The summed E-state index contributed by atoms with van der Waals surface area (Å²) >= 11 is 5.97. The largest absolute Gasteiger partial charge is 0.466 e. The minimum absolute atomic E-state index is 0.105. The summed E-state index contributed by atoms with van der Waals surface area (Å²) in [6.45, 7) is 1.94. The maximum atomic E-state index is 12.4. The molecule has 0 saturated heterocycles. The molecule has 0 unspecified atom stereocenters. The number of carbonyl (C=O) groups excluding carboxylic acids is 2. The van der Waals surface area contributed by atoms with Crippen molar-refractivity contribution in [3.8, 4) is 0 Å². The predicted molar refractivity (Wildman–Crippen MR) is 82.5 cm³/mol. The predicted octanol–water partition coefficient (Wildman–Crippen LogP) is 1.32. The molecule has 2 N–H and O–H groups in total. The summed E-state index contributed by atoms with van der Waals surface area (Å²) in [5.41, 5.74) is 1.92. The van der Waals surface area contributed by atoms with E-state index in [0.29, 0.717) is 10.7 Å². The lowest BCUT2D eigenvalue weighted by molar-refractivity contribution is -0.136. The number of aliphatic hydroxyl groups excluding tert-OH is 1. The number of aryl methyl sites for hydroxylation is 1. The molecule has 0 bridgehead atoms. The lowest BCUT2D eigenvalue weighted by atomic mass is 10.1. The van der Waals surface area contributed by atoms with E-state index in [0.717, 1.165) is 5.56 Å². The third-order valence-corrected chi connectivity index (χ3v) is 3.65. The molecule has 7 heteroatoms. The van der Waals surface area contributed by atoms with Crippen LogP contribution in [0.5, 0.6) is 0 Å². The summed E-state index contributed by atoms with van der Waals surface area (Å²) < 4.78 is 4.73. The van der Waals surface area contributed by atoms with Crippen molar-refractivity contribution in [2.45, 2.75) is 6.92 Å². The van der Waals surface area contributed by atoms with Gasteiger partial charge in [-0.15, -0.1) is 0 Å². The molecule has 22 heavy (non-hydrogen) atoms. The number of hydrogen-bond donors (Lipinski definition) is 2. The van der Waals surface area contributed by atoms with Gasteiger partial charge in [-0.3, -0.25) is 4.79 Å². The molecule has 0 fully saturated rings. The minimum Gasteiger partial charge on any atom is -0.466 e. The molecule has 1 aliphatic heterocycles. The highest BCUT2D eigenvalue weighted by Gasteiger charge is 2.34. The minimum atomic E-state index is -0.573. The van der Waals surface area contributed by atoms with Gasteiger partial charge in [-0.05, 0) is 24.6 Å². The van der Waals surface area contributed by atoms with Crippen molar-refractivity contribution in [2.75, 3.05) is 32.1 Å². The fraction of sp³-hybridized carbons (Fsp3) is 0.333. The Hall–Kier alpha value is -2.05. The van der Waals surface area contributed by atoms with E-state index in [9.17, 15) is 9.59 Å². The van der Waals surface area contributed by atoms with E-state index in [1.165, 1.54) is 12.0 Å². The number of benzene rings is 1. The second-order valence-electron chi connectivity index (χ2n) is 4.88. The van der Waals surface area contributed by atoms with Gasteiger partial charge < -0.3 is 20.1 Å². The van der Waals surface area contributed by atoms with E-state index in [1.54, 1.807) is 12.1 Å². The zero-order valence-electron chi connectivity index (χ0n) is 12.4. The zero-order chi connectivity index (χ0) is 16.3. The molecule has 1 aromatic rings. The molecule has 0 radical (unpaired) electrons. The maximum Gasteiger partial charge on any atom is 0.337 e. The SMILES string of the molecule is COC(=O)C1=C(Nc2cc(Cl)ccc2C)C(=O)N(CCO)C1. The lowest BCUT2D eigenvalue weighted by Crippen LogP contribution is -2.31. The molecule has 0 aliphatic carbocycles. The van der Waals surface area contributed by atoms with Crippen LogP contribution in [0.15, 0.2) is 29.5 Å². The molecular weight excluding hydrogens is 308 g/mol. The Kier molecular flexibility index (Phi) is 5.05. The second kappa shape index (κ2) is 6.81. The number of nitrogens with zero attached hydrogens (tertiary/aromatic N) is 1. The fourth-order valence-electron chi connectivity index (χ4n) is 2.21. The number of nitrogens with one attached hydrogen (secondary N) is 1. The molecule has 1 heterocycles. The summed E-state index contributed by atoms with van der Waals surface area (Å²) in [5.74, 6) is -0.926. The first-order chi connectivity index (χ1) is 10.5. The van der Waals surface area contributed by atoms with E-state index >= 15 is 0 Å². The molecule has 2 rings (SSSR count). The molecule has 0 atom stereocenters. The monoisotopic (exact) mass is 324 g/mol. The number of ether oxygens (including phenoxy) is 1. The molecule has 118 valence electrons.